The molecule has 1 unspecified atom stereocenters. The van der Waals surface area contributed by atoms with Gasteiger partial charge in [0.15, 0.2) is 9.84 Å². The molecule has 9 aromatic rings. The summed E-state index contributed by atoms with van der Waals surface area (Å²) in [5.41, 5.74) is 3.12. The van der Waals surface area contributed by atoms with Crippen molar-refractivity contribution in [3.05, 3.63) is 199 Å². The number of benzene rings is 3. The Morgan fingerprint density at radius 3 is 1.32 bits per heavy atom. The van der Waals surface area contributed by atoms with E-state index in [-0.39, 0.29) is 84.1 Å². The minimum absolute atomic E-state index is 0.0373. The number of amides is 3. The fourth-order valence-electron chi connectivity index (χ4n) is 9.92. The van der Waals surface area contributed by atoms with Crippen molar-refractivity contribution in [1.29, 1.82) is 0 Å². The summed E-state index contributed by atoms with van der Waals surface area (Å²) in [6, 6.07) is 28.7. The van der Waals surface area contributed by atoms with Crippen LogP contribution in [0.5, 0.6) is 17.6 Å². The molecule has 3 aromatic carbocycles. The van der Waals surface area contributed by atoms with Crippen molar-refractivity contribution in [2.75, 3.05) is 56.7 Å². The third kappa shape index (κ3) is 15.7. The molecule has 30 heteroatoms. The Morgan fingerprint density at radius 1 is 0.511 bits per heavy atom. The van der Waals surface area contributed by atoms with E-state index in [1.54, 1.807) is 96.9 Å². The third-order valence-corrected chi connectivity index (χ3v) is 20.1. The molecule has 3 aliphatic rings. The Hall–Kier alpha value is -9.42. The number of halogens is 3. The van der Waals surface area contributed by atoms with Crippen LogP contribution in [0.2, 0.25) is 0 Å². The van der Waals surface area contributed by atoms with Crippen molar-refractivity contribution in [1.82, 2.24) is 74.6 Å². The molecule has 0 radical (unpaired) electrons. The second-order valence-electron chi connectivity index (χ2n) is 20.9. The Kier molecular flexibility index (Phi) is 20.7. The number of hydrogen-bond acceptors (Lipinski definition) is 19. The summed E-state index contributed by atoms with van der Waals surface area (Å²) in [7, 11) is -4.67. The second kappa shape index (κ2) is 29.3. The van der Waals surface area contributed by atoms with Gasteiger partial charge < -0.3 is 28.9 Å². The van der Waals surface area contributed by atoms with Gasteiger partial charge in [0.25, 0.3) is 17.7 Å². The predicted molar refractivity (Wildman–Crippen MR) is 325 cm³/mol. The zero-order valence-electron chi connectivity index (χ0n) is 48.7. The number of carbonyl (C=O) groups excluding carboxylic acids is 3. The molecule has 7 atom stereocenters. The van der Waals surface area contributed by atoms with Crippen LogP contribution >= 0.6 is 11.8 Å². The standard InChI is InChI=1S/C20H20FN5O4S.C20H20FN5O3S.C20H20FN5O2S/c1-14-13-31(28,29)16(12-30-19-7-6-15(21)10-22-19)11-25(14)20(27)17-4-2-3-5-18(17)26-23-8-9-24-26;1-14-13-30(28)16(12-29-19-7-6-15(21)10-22-19)11-25(14)20(27)17-4-2-3-5-18(17)26-23-8-9-24-26;1-14-13-29-16(12-28-19-7-6-15(21)10-22-19)11-25(14)20(27)17-4-2-3-5-18(17)26-23-8-9-24-26/h2-10,14,16H,11-13H2,1H3;2-10,14,16H,11-13H2,1H3;2-10,14,16H,11-13H2,1H3/t14-,16-;14-,16-,30?;14-,16-/m111/s1. The fraction of sp³-hybridized carbons (Fsp3) is 0.300. The molecule has 24 nitrogen and oxygen atoms in total. The fourth-order valence-corrected chi connectivity index (χ4v) is 14.3. The first-order valence-electron chi connectivity index (χ1n) is 28.2. The Labute approximate surface area is 521 Å². The van der Waals surface area contributed by atoms with E-state index in [4.69, 9.17) is 14.2 Å². The highest BCUT2D eigenvalue weighted by molar-refractivity contribution is 8.00. The van der Waals surface area contributed by atoms with Crippen molar-refractivity contribution in [3.8, 4) is 34.7 Å². The number of carbonyl (C=O) groups is 3. The van der Waals surface area contributed by atoms with Gasteiger partial charge in [-0.3, -0.25) is 18.6 Å². The summed E-state index contributed by atoms with van der Waals surface area (Å²) in [6.45, 7) is 6.71. The first kappa shape index (κ1) is 63.6. The third-order valence-electron chi connectivity index (χ3n) is 14.6. The molecule has 3 aliphatic heterocycles. The van der Waals surface area contributed by atoms with Crippen LogP contribution in [0, 0.1) is 17.5 Å². The van der Waals surface area contributed by atoms with E-state index in [0.717, 1.165) is 24.3 Å². The van der Waals surface area contributed by atoms with Gasteiger partial charge in [-0.2, -0.15) is 56.7 Å². The van der Waals surface area contributed by atoms with Gasteiger partial charge in [-0.1, -0.05) is 36.4 Å². The molecule has 9 heterocycles. The Bertz CT molecular complexity index is 4000. The smallest absolute Gasteiger partial charge is 0.256 e. The maximum atomic E-state index is 13.4. The molecule has 0 bridgehead atoms. The lowest BCUT2D eigenvalue weighted by molar-refractivity contribution is 0.0678. The zero-order chi connectivity index (χ0) is 63.3. The van der Waals surface area contributed by atoms with E-state index in [1.165, 1.54) is 68.1 Å². The number of para-hydroxylation sites is 3. The quantitative estimate of drug-likeness (QED) is 0.111. The van der Waals surface area contributed by atoms with Crippen LogP contribution in [0.4, 0.5) is 13.2 Å². The lowest BCUT2D eigenvalue weighted by Crippen LogP contribution is -2.55. The number of nitrogens with zero attached hydrogens (tertiary/aromatic N) is 15. The first-order valence-corrected chi connectivity index (χ1v) is 32.4. The largest absolute Gasteiger partial charge is 0.476 e. The number of ether oxygens (including phenoxy) is 3. The maximum absolute atomic E-state index is 13.4. The van der Waals surface area contributed by atoms with E-state index in [1.807, 2.05) is 43.0 Å². The molecular formula is C60H60F3N15O9S3. The van der Waals surface area contributed by atoms with Gasteiger partial charge in [-0.25, -0.2) is 36.5 Å². The number of rotatable bonds is 15. The van der Waals surface area contributed by atoms with Crippen LogP contribution in [0.1, 0.15) is 51.8 Å². The minimum Gasteiger partial charge on any atom is -0.476 e. The summed E-state index contributed by atoms with van der Waals surface area (Å²) >= 11 is 1.76. The lowest BCUT2D eigenvalue weighted by Gasteiger charge is -2.37. The van der Waals surface area contributed by atoms with Crippen LogP contribution in [0.3, 0.4) is 0 Å². The molecule has 468 valence electrons. The van der Waals surface area contributed by atoms with Gasteiger partial charge in [0.2, 0.25) is 17.6 Å². The van der Waals surface area contributed by atoms with Gasteiger partial charge >= 0.3 is 0 Å². The molecule has 12 rings (SSSR count). The molecule has 0 spiro atoms. The van der Waals surface area contributed by atoms with Crippen molar-refractivity contribution in [2.24, 2.45) is 0 Å². The Morgan fingerprint density at radius 2 is 0.900 bits per heavy atom. The molecule has 90 heavy (non-hydrogen) atoms. The lowest BCUT2D eigenvalue weighted by atomic mass is 10.1. The number of aromatic nitrogens is 12. The van der Waals surface area contributed by atoms with Crippen molar-refractivity contribution in [3.63, 3.8) is 0 Å². The minimum atomic E-state index is -3.50. The first-order chi connectivity index (χ1) is 43.5. The molecule has 3 amide bonds. The average Bonchev–Trinajstić information content (AvgIpc) is 1.25. The van der Waals surface area contributed by atoms with Gasteiger partial charge in [0.1, 0.15) is 42.5 Å². The maximum Gasteiger partial charge on any atom is 0.256 e. The molecule has 0 aliphatic carbocycles. The molecular weight excluding hydrogens is 1230 g/mol. The summed E-state index contributed by atoms with van der Waals surface area (Å²) in [5.74, 6) is -0.244. The monoisotopic (exact) mass is 1290 g/mol. The van der Waals surface area contributed by atoms with E-state index >= 15 is 0 Å². The summed E-state index contributed by atoms with van der Waals surface area (Å²) < 4.78 is 93.8. The highest BCUT2D eigenvalue weighted by Crippen LogP contribution is 2.29. The number of thioether (sulfide) groups is 1. The summed E-state index contributed by atoms with van der Waals surface area (Å²) in [4.78, 5) is 60.9. The Balaban J connectivity index is 0.000000149. The molecule has 0 saturated carbocycles. The van der Waals surface area contributed by atoms with Gasteiger partial charge in [0.05, 0.1) is 106 Å². The highest BCUT2D eigenvalue weighted by Gasteiger charge is 2.41. The van der Waals surface area contributed by atoms with E-state index in [0.29, 0.717) is 58.5 Å². The second-order valence-corrected chi connectivity index (χ2v) is 26.3. The predicted octanol–water partition coefficient (Wildman–Crippen LogP) is 6.18. The summed E-state index contributed by atoms with van der Waals surface area (Å²) in [6.07, 6.45) is 12.4. The van der Waals surface area contributed by atoms with E-state index < -0.39 is 49.4 Å². The normalized spacial score (nSPS) is 20.3. The number of hydrogen-bond donors (Lipinski definition) is 0. The van der Waals surface area contributed by atoms with E-state index in [9.17, 15) is 40.2 Å². The molecule has 0 N–H and O–H groups in total. The van der Waals surface area contributed by atoms with Crippen LogP contribution in [-0.4, -0.2) is 196 Å². The SMILES string of the molecule is C[C@@H]1CS(=O)(=O)[C@@H](COc2ccc(F)cn2)CN1C(=O)c1ccccc1-n1nccn1.C[C@@H]1CS(=O)[C@@H](COc2ccc(F)cn2)CN1C(=O)c1ccccc1-n1nccn1.C[C@@H]1CS[C@@H](COc2ccc(F)cn2)CN1C(=O)c1ccccc1-n1nccn1. The molecule has 3 fully saturated rings. The van der Waals surface area contributed by atoms with E-state index in [2.05, 4.69) is 45.5 Å². The molecule has 6 aromatic heterocycles. The van der Waals surface area contributed by atoms with Gasteiger partial charge in [-0.15, -0.1) is 0 Å². The number of sulfone groups is 1. The summed E-state index contributed by atoms with van der Waals surface area (Å²) in [5, 5.41) is 23.5. The number of pyridine rings is 3. The van der Waals surface area contributed by atoms with Crippen LogP contribution in [0.15, 0.2) is 165 Å². The van der Waals surface area contributed by atoms with Crippen molar-refractivity contribution < 1.29 is 54.4 Å². The zero-order valence-corrected chi connectivity index (χ0v) is 51.1. The topological polar surface area (TPSA) is 271 Å². The molecule has 3 saturated heterocycles. The van der Waals surface area contributed by atoms with Crippen LogP contribution < -0.4 is 14.2 Å². The van der Waals surface area contributed by atoms with Crippen LogP contribution in [-0.2, 0) is 20.6 Å². The van der Waals surface area contributed by atoms with Gasteiger partial charge in [-0.05, 0) is 75.4 Å². The van der Waals surface area contributed by atoms with Crippen molar-refractivity contribution in [2.45, 2.75) is 54.6 Å². The average molecular weight is 1290 g/mol. The highest BCUT2D eigenvalue weighted by atomic mass is 32.2. The van der Waals surface area contributed by atoms with Crippen LogP contribution in [0.25, 0.3) is 17.1 Å². The van der Waals surface area contributed by atoms with Crippen molar-refractivity contribution >= 4 is 50.1 Å². The van der Waals surface area contributed by atoms with Gasteiger partial charge in [0, 0.05) is 78.3 Å².